The van der Waals surface area contributed by atoms with Crippen molar-refractivity contribution in [3.05, 3.63) is 104 Å². The molecule has 4 aromatic rings. The van der Waals surface area contributed by atoms with Crippen LogP contribution in [0.3, 0.4) is 0 Å². The van der Waals surface area contributed by atoms with Crippen LogP contribution in [0.4, 0.5) is 10.5 Å². The third kappa shape index (κ3) is 6.75. The summed E-state index contributed by atoms with van der Waals surface area (Å²) in [5, 5.41) is 4.82. The molecule has 0 radical (unpaired) electrons. The van der Waals surface area contributed by atoms with E-state index in [2.05, 4.69) is 39.4 Å². The lowest BCUT2D eigenvalue weighted by atomic mass is 10.1. The summed E-state index contributed by atoms with van der Waals surface area (Å²) in [6, 6.07) is 24.4. The molecule has 1 fully saturated rings. The molecule has 1 aliphatic heterocycles. The molecular weight excluding hydrogens is 628 g/mol. The van der Waals surface area contributed by atoms with Crippen molar-refractivity contribution in [2.75, 3.05) is 18.5 Å². The molecule has 7 nitrogen and oxygen atoms in total. The van der Waals surface area contributed by atoms with Gasteiger partial charge >= 0.3 is 0 Å². The summed E-state index contributed by atoms with van der Waals surface area (Å²) in [6.45, 7) is 2.19. The molecule has 1 heterocycles. The molecular formula is C31H24BrClN2O5S. The quantitative estimate of drug-likeness (QED) is 0.185. The molecule has 0 unspecified atom stereocenters. The minimum Gasteiger partial charge on any atom is -0.490 e. The lowest BCUT2D eigenvalue weighted by Gasteiger charge is -2.16. The fourth-order valence-electron chi connectivity index (χ4n) is 4.34. The molecule has 0 bridgehead atoms. The van der Waals surface area contributed by atoms with E-state index in [1.165, 1.54) is 0 Å². The Morgan fingerprint density at radius 1 is 1.02 bits per heavy atom. The van der Waals surface area contributed by atoms with Crippen LogP contribution in [0.2, 0.25) is 5.02 Å². The minimum atomic E-state index is -0.549. The molecule has 3 amide bonds. The highest BCUT2D eigenvalue weighted by atomic mass is 79.9. The number of hydrogen-bond donors (Lipinski definition) is 1. The molecule has 0 aromatic heterocycles. The second kappa shape index (κ2) is 12.8. The number of imide groups is 1. The molecule has 208 valence electrons. The number of nitrogens with one attached hydrogen (secondary N) is 1. The van der Waals surface area contributed by atoms with Crippen molar-refractivity contribution < 1.29 is 23.9 Å². The number of nitrogens with zero attached hydrogens (tertiary/aromatic N) is 1. The first-order valence-electron chi connectivity index (χ1n) is 12.7. The van der Waals surface area contributed by atoms with Crippen molar-refractivity contribution in [2.24, 2.45) is 0 Å². The van der Waals surface area contributed by atoms with Gasteiger partial charge in [-0.2, -0.15) is 0 Å². The number of carbonyl (C=O) groups is 3. The lowest BCUT2D eigenvalue weighted by Crippen LogP contribution is -2.36. The summed E-state index contributed by atoms with van der Waals surface area (Å²) in [5.74, 6) is -0.0345. The summed E-state index contributed by atoms with van der Waals surface area (Å²) in [6.07, 6.45) is 1.60. The Labute approximate surface area is 254 Å². The zero-order valence-corrected chi connectivity index (χ0v) is 25.0. The second-order valence-corrected chi connectivity index (χ2v) is 11.3. The van der Waals surface area contributed by atoms with Gasteiger partial charge in [-0.05, 0) is 92.9 Å². The van der Waals surface area contributed by atoms with E-state index in [0.29, 0.717) is 45.5 Å². The van der Waals surface area contributed by atoms with Crippen molar-refractivity contribution in [2.45, 2.75) is 13.5 Å². The molecule has 41 heavy (non-hydrogen) atoms. The normalized spacial score (nSPS) is 14.1. The minimum absolute atomic E-state index is 0.198. The Balaban J connectivity index is 1.32. The number of carbonyl (C=O) groups excluding carboxylic acids is 3. The van der Waals surface area contributed by atoms with E-state index in [-0.39, 0.29) is 4.91 Å². The van der Waals surface area contributed by atoms with Crippen LogP contribution < -0.4 is 14.8 Å². The summed E-state index contributed by atoms with van der Waals surface area (Å²) in [7, 11) is 0. The number of fused-ring (bicyclic) bond motifs is 1. The molecule has 0 saturated carbocycles. The first-order chi connectivity index (χ1) is 19.8. The topological polar surface area (TPSA) is 84.9 Å². The fourth-order valence-corrected chi connectivity index (χ4v) is 5.94. The van der Waals surface area contributed by atoms with E-state index in [1.54, 1.807) is 42.5 Å². The molecule has 1 aliphatic rings. The molecule has 1 N–H and O–H groups in total. The highest BCUT2D eigenvalue weighted by Gasteiger charge is 2.36. The summed E-state index contributed by atoms with van der Waals surface area (Å²) >= 11 is 10.3. The third-order valence-corrected chi connectivity index (χ3v) is 7.90. The van der Waals surface area contributed by atoms with Gasteiger partial charge in [-0.15, -0.1) is 0 Å². The Kier molecular flexibility index (Phi) is 8.97. The predicted octanol–water partition coefficient (Wildman–Crippen LogP) is 7.91. The van der Waals surface area contributed by atoms with E-state index in [9.17, 15) is 14.4 Å². The van der Waals surface area contributed by atoms with Gasteiger partial charge in [-0.1, -0.05) is 60.1 Å². The maximum absolute atomic E-state index is 13.0. The molecule has 4 aromatic carbocycles. The van der Waals surface area contributed by atoms with Gasteiger partial charge in [0.25, 0.3) is 11.1 Å². The van der Waals surface area contributed by atoms with Crippen molar-refractivity contribution in [1.29, 1.82) is 0 Å². The third-order valence-electron chi connectivity index (χ3n) is 6.17. The van der Waals surface area contributed by atoms with Gasteiger partial charge in [0.2, 0.25) is 5.91 Å². The maximum atomic E-state index is 13.0. The first kappa shape index (κ1) is 28.7. The molecule has 10 heteroatoms. The van der Waals surface area contributed by atoms with E-state index >= 15 is 0 Å². The molecule has 0 spiro atoms. The monoisotopic (exact) mass is 650 g/mol. The van der Waals surface area contributed by atoms with Crippen molar-refractivity contribution in [3.63, 3.8) is 0 Å². The Hall–Kier alpha value is -3.79. The number of amides is 3. The van der Waals surface area contributed by atoms with Gasteiger partial charge in [0, 0.05) is 10.7 Å². The zero-order chi connectivity index (χ0) is 28.9. The van der Waals surface area contributed by atoms with Gasteiger partial charge < -0.3 is 14.8 Å². The number of halogens is 2. The first-order valence-corrected chi connectivity index (χ1v) is 14.7. The van der Waals surface area contributed by atoms with Crippen LogP contribution in [0.5, 0.6) is 11.5 Å². The molecule has 1 saturated heterocycles. The van der Waals surface area contributed by atoms with Crippen LogP contribution in [-0.4, -0.2) is 35.1 Å². The van der Waals surface area contributed by atoms with Gasteiger partial charge in [0.1, 0.15) is 13.2 Å². The second-order valence-electron chi connectivity index (χ2n) is 9.02. The average Bonchev–Trinajstić information content (AvgIpc) is 3.20. The Bertz CT molecular complexity index is 1690. The fraction of sp³-hybridized carbons (Fsp3) is 0.129. The van der Waals surface area contributed by atoms with Crippen LogP contribution in [-0.2, 0) is 16.2 Å². The molecule has 0 atom stereocenters. The van der Waals surface area contributed by atoms with Crippen molar-refractivity contribution in [1.82, 2.24) is 4.90 Å². The Morgan fingerprint density at radius 3 is 2.61 bits per heavy atom. The average molecular weight is 652 g/mol. The number of hydrogen-bond acceptors (Lipinski definition) is 6. The molecule has 5 rings (SSSR count). The van der Waals surface area contributed by atoms with Gasteiger partial charge in [-0.3, -0.25) is 19.3 Å². The zero-order valence-electron chi connectivity index (χ0n) is 21.9. The molecule has 0 aliphatic carbocycles. The standard InChI is InChI=1S/C31H24BrClN2O5S/c1-2-39-26-14-19(13-25(32)29(26)40-18-21-9-5-8-20-7-3-4-12-24(20)21)15-27-30(37)35(31(38)41-27)17-28(36)34-23-11-6-10-22(33)16-23/h3-16H,2,17-18H2,1H3,(H,34,36)/b27-15+. The van der Waals surface area contributed by atoms with Crippen molar-refractivity contribution >= 4 is 78.9 Å². The van der Waals surface area contributed by atoms with Crippen molar-refractivity contribution in [3.8, 4) is 11.5 Å². The maximum Gasteiger partial charge on any atom is 0.294 e. The number of anilines is 1. The summed E-state index contributed by atoms with van der Waals surface area (Å²) < 4.78 is 12.7. The van der Waals surface area contributed by atoms with Gasteiger partial charge in [0.15, 0.2) is 11.5 Å². The summed E-state index contributed by atoms with van der Waals surface area (Å²) in [5.41, 5.74) is 2.14. The van der Waals surface area contributed by atoms with E-state index in [4.69, 9.17) is 21.1 Å². The predicted molar refractivity (Wildman–Crippen MR) is 166 cm³/mol. The van der Waals surface area contributed by atoms with Gasteiger partial charge in [0.05, 0.1) is 16.0 Å². The Morgan fingerprint density at radius 2 is 1.80 bits per heavy atom. The highest BCUT2D eigenvalue weighted by Crippen LogP contribution is 2.40. The van der Waals surface area contributed by atoms with Crippen LogP contribution >= 0.6 is 39.3 Å². The largest absolute Gasteiger partial charge is 0.490 e. The van der Waals surface area contributed by atoms with E-state index in [1.807, 2.05) is 31.2 Å². The number of thioether (sulfide) groups is 1. The van der Waals surface area contributed by atoms with Gasteiger partial charge in [-0.25, -0.2) is 0 Å². The van der Waals surface area contributed by atoms with Crippen LogP contribution in [0.1, 0.15) is 18.1 Å². The highest BCUT2D eigenvalue weighted by molar-refractivity contribution is 9.10. The smallest absolute Gasteiger partial charge is 0.294 e. The van der Waals surface area contributed by atoms with E-state index < -0.39 is 23.6 Å². The van der Waals surface area contributed by atoms with Crippen LogP contribution in [0.15, 0.2) is 88.2 Å². The number of ether oxygens (including phenoxy) is 2. The summed E-state index contributed by atoms with van der Waals surface area (Å²) in [4.78, 5) is 39.3. The van der Waals surface area contributed by atoms with Crippen LogP contribution in [0.25, 0.3) is 16.8 Å². The number of benzene rings is 4. The van der Waals surface area contributed by atoms with Crippen LogP contribution in [0, 0.1) is 0 Å². The number of rotatable bonds is 9. The van der Waals surface area contributed by atoms with E-state index in [0.717, 1.165) is 33.0 Å². The SMILES string of the molecule is CCOc1cc(/C=C2/SC(=O)N(CC(=O)Nc3cccc(Cl)c3)C2=O)cc(Br)c1OCc1cccc2ccccc12. The lowest BCUT2D eigenvalue weighted by molar-refractivity contribution is -0.127.